The van der Waals surface area contributed by atoms with Crippen molar-refractivity contribution >= 4 is 41.6 Å². The number of furan rings is 1. The molecule has 5 nitrogen and oxygen atoms in total. The number of halogens is 2. The van der Waals surface area contributed by atoms with Crippen molar-refractivity contribution in [3.05, 3.63) is 16.5 Å². The Labute approximate surface area is 138 Å². The molecule has 0 bridgehead atoms. The number of amides is 1. The molecular weight excluding hydrogens is 382 g/mol. The Morgan fingerprint density at radius 2 is 1.76 bits per heavy atom. The predicted molar refractivity (Wildman–Crippen MR) is 85.0 cm³/mol. The van der Waals surface area contributed by atoms with Crippen LogP contribution in [-0.4, -0.2) is 32.3 Å². The van der Waals surface area contributed by atoms with Crippen LogP contribution in [0.5, 0.6) is 0 Å². The van der Waals surface area contributed by atoms with Gasteiger partial charge in [-0.3, -0.25) is 4.79 Å². The highest BCUT2D eigenvalue weighted by Crippen LogP contribution is 2.29. The van der Waals surface area contributed by atoms with Gasteiger partial charge in [-0.05, 0) is 27.8 Å². The summed E-state index contributed by atoms with van der Waals surface area (Å²) in [5, 5.41) is 0. The van der Waals surface area contributed by atoms with Crippen LogP contribution in [0, 0.1) is 11.8 Å². The molecule has 1 heterocycles. The van der Waals surface area contributed by atoms with E-state index in [1.807, 2.05) is 27.7 Å². The van der Waals surface area contributed by atoms with Crippen molar-refractivity contribution in [3.8, 4) is 0 Å². The highest BCUT2D eigenvalue weighted by atomic mass is 79.9. The van der Waals surface area contributed by atoms with Gasteiger partial charge in [-0.2, -0.15) is 0 Å². The standard InChI is InChI=1S/C13H19BrClNO4S/c1-8(2)6-16(7-9(3)4)13(17)10-5-11(12(14)20-10)21(15,18)19/h5,8-9H,6-7H2,1-4H3. The van der Waals surface area contributed by atoms with E-state index >= 15 is 0 Å². The van der Waals surface area contributed by atoms with Crippen LogP contribution in [-0.2, 0) is 9.05 Å². The second kappa shape index (κ2) is 7.15. The molecule has 0 fully saturated rings. The Balaban J connectivity index is 3.09. The van der Waals surface area contributed by atoms with Crippen molar-refractivity contribution in [1.82, 2.24) is 4.90 Å². The molecule has 0 radical (unpaired) electrons. The number of carbonyl (C=O) groups is 1. The van der Waals surface area contributed by atoms with Crippen LogP contribution in [0.25, 0.3) is 0 Å². The number of nitrogens with zero attached hydrogens (tertiary/aromatic N) is 1. The molecule has 0 saturated carbocycles. The maximum Gasteiger partial charge on any atom is 0.289 e. The average Bonchev–Trinajstić information content (AvgIpc) is 2.68. The molecule has 0 aliphatic carbocycles. The molecule has 1 aromatic rings. The minimum atomic E-state index is -3.96. The quantitative estimate of drug-likeness (QED) is 0.682. The lowest BCUT2D eigenvalue weighted by molar-refractivity contribution is 0.0681. The number of rotatable bonds is 6. The summed E-state index contributed by atoms with van der Waals surface area (Å²) in [4.78, 5) is 13.9. The Hall–Kier alpha value is -0.530. The Bertz CT molecular complexity index is 600. The van der Waals surface area contributed by atoms with Crippen LogP contribution in [0.15, 0.2) is 20.0 Å². The first-order chi connectivity index (χ1) is 9.52. The lowest BCUT2D eigenvalue weighted by atomic mass is 10.1. The van der Waals surface area contributed by atoms with E-state index in [-0.39, 0.29) is 21.2 Å². The molecule has 120 valence electrons. The predicted octanol–water partition coefficient (Wildman–Crippen LogP) is 3.72. The molecule has 0 aromatic carbocycles. The SMILES string of the molecule is CC(C)CN(CC(C)C)C(=O)c1cc(S(=O)(=O)Cl)c(Br)o1. The largest absolute Gasteiger partial charge is 0.443 e. The molecule has 0 unspecified atom stereocenters. The maximum atomic E-state index is 12.5. The van der Waals surface area contributed by atoms with Crippen LogP contribution in [0.4, 0.5) is 0 Å². The van der Waals surface area contributed by atoms with Gasteiger partial charge in [0, 0.05) is 29.8 Å². The zero-order valence-electron chi connectivity index (χ0n) is 12.4. The van der Waals surface area contributed by atoms with Gasteiger partial charge in [0.25, 0.3) is 15.0 Å². The second-order valence-corrected chi connectivity index (χ2v) is 8.94. The minimum Gasteiger partial charge on any atom is -0.443 e. The normalized spacial score (nSPS) is 12.2. The van der Waals surface area contributed by atoms with Gasteiger partial charge in [-0.1, -0.05) is 27.7 Å². The summed E-state index contributed by atoms with van der Waals surface area (Å²) in [6, 6.07) is 1.16. The fourth-order valence-corrected chi connectivity index (χ4v) is 3.93. The molecule has 21 heavy (non-hydrogen) atoms. The smallest absolute Gasteiger partial charge is 0.289 e. The zero-order chi connectivity index (χ0) is 16.4. The molecule has 0 aliphatic heterocycles. The molecule has 0 saturated heterocycles. The maximum absolute atomic E-state index is 12.5. The molecule has 1 rings (SSSR count). The van der Waals surface area contributed by atoms with Gasteiger partial charge in [0.2, 0.25) is 0 Å². The van der Waals surface area contributed by atoms with Crippen LogP contribution in [0.1, 0.15) is 38.2 Å². The number of carbonyl (C=O) groups excluding carboxylic acids is 1. The van der Waals surface area contributed by atoms with Gasteiger partial charge in [0.15, 0.2) is 10.4 Å². The molecular formula is C13H19BrClNO4S. The Morgan fingerprint density at radius 3 is 2.10 bits per heavy atom. The van der Waals surface area contributed by atoms with Gasteiger partial charge in [-0.15, -0.1) is 0 Å². The zero-order valence-corrected chi connectivity index (χ0v) is 15.5. The van der Waals surface area contributed by atoms with Gasteiger partial charge < -0.3 is 9.32 Å². The van der Waals surface area contributed by atoms with Crippen molar-refractivity contribution in [3.63, 3.8) is 0 Å². The average molecular weight is 401 g/mol. The van der Waals surface area contributed by atoms with E-state index < -0.39 is 9.05 Å². The van der Waals surface area contributed by atoms with E-state index in [9.17, 15) is 13.2 Å². The first-order valence-electron chi connectivity index (χ1n) is 6.55. The van der Waals surface area contributed by atoms with E-state index in [0.717, 1.165) is 6.07 Å². The van der Waals surface area contributed by atoms with Gasteiger partial charge >= 0.3 is 0 Å². The van der Waals surface area contributed by atoms with Crippen LogP contribution in [0.2, 0.25) is 0 Å². The first-order valence-corrected chi connectivity index (χ1v) is 9.65. The lowest BCUT2D eigenvalue weighted by Crippen LogP contribution is -2.36. The topological polar surface area (TPSA) is 67.6 Å². The van der Waals surface area contributed by atoms with E-state index in [1.54, 1.807) is 4.90 Å². The van der Waals surface area contributed by atoms with E-state index in [0.29, 0.717) is 24.9 Å². The highest BCUT2D eigenvalue weighted by molar-refractivity contribution is 9.10. The summed E-state index contributed by atoms with van der Waals surface area (Å²) in [6.45, 7) is 9.16. The minimum absolute atomic E-state index is 0.0394. The summed E-state index contributed by atoms with van der Waals surface area (Å²) in [7, 11) is 1.33. The molecule has 0 atom stereocenters. The monoisotopic (exact) mass is 399 g/mol. The van der Waals surface area contributed by atoms with Crippen LogP contribution < -0.4 is 0 Å². The summed E-state index contributed by atoms with van der Waals surface area (Å²) < 4.78 is 27.9. The van der Waals surface area contributed by atoms with Crippen molar-refractivity contribution in [2.75, 3.05) is 13.1 Å². The summed E-state index contributed by atoms with van der Waals surface area (Å²) in [5.41, 5.74) is 0. The summed E-state index contributed by atoms with van der Waals surface area (Å²) in [6.07, 6.45) is 0. The molecule has 0 N–H and O–H groups in total. The summed E-state index contributed by atoms with van der Waals surface area (Å²) >= 11 is 2.97. The number of hydrogen-bond donors (Lipinski definition) is 0. The molecule has 0 spiro atoms. The lowest BCUT2D eigenvalue weighted by Gasteiger charge is -2.25. The Morgan fingerprint density at radius 1 is 1.29 bits per heavy atom. The van der Waals surface area contributed by atoms with E-state index in [4.69, 9.17) is 15.1 Å². The van der Waals surface area contributed by atoms with Crippen molar-refractivity contribution in [2.45, 2.75) is 32.6 Å². The second-order valence-electron chi connectivity index (χ2n) is 5.68. The molecule has 8 heteroatoms. The number of hydrogen-bond acceptors (Lipinski definition) is 4. The van der Waals surface area contributed by atoms with Crippen molar-refractivity contribution < 1.29 is 17.6 Å². The molecule has 1 aromatic heterocycles. The summed E-state index contributed by atoms with van der Waals surface area (Å²) in [5.74, 6) is 0.205. The van der Waals surface area contributed by atoms with Crippen LogP contribution in [0.3, 0.4) is 0 Å². The van der Waals surface area contributed by atoms with Crippen molar-refractivity contribution in [1.29, 1.82) is 0 Å². The van der Waals surface area contributed by atoms with Crippen LogP contribution >= 0.6 is 26.6 Å². The third-order valence-electron chi connectivity index (χ3n) is 2.59. The third kappa shape index (κ3) is 5.30. The third-order valence-corrected chi connectivity index (χ3v) is 4.77. The first kappa shape index (κ1) is 18.5. The van der Waals surface area contributed by atoms with Crippen molar-refractivity contribution in [2.24, 2.45) is 11.8 Å². The Kier molecular flexibility index (Phi) is 6.31. The molecule has 0 aliphatic rings. The highest BCUT2D eigenvalue weighted by Gasteiger charge is 2.26. The van der Waals surface area contributed by atoms with Gasteiger partial charge in [0.05, 0.1) is 0 Å². The van der Waals surface area contributed by atoms with E-state index in [2.05, 4.69) is 15.9 Å². The van der Waals surface area contributed by atoms with Gasteiger partial charge in [0.1, 0.15) is 4.90 Å². The molecule has 1 amide bonds. The van der Waals surface area contributed by atoms with Gasteiger partial charge in [-0.25, -0.2) is 8.42 Å². The van der Waals surface area contributed by atoms with E-state index in [1.165, 1.54) is 0 Å². The fraction of sp³-hybridized carbons (Fsp3) is 0.615. The fourth-order valence-electron chi connectivity index (χ4n) is 1.90.